The van der Waals surface area contributed by atoms with Crippen molar-refractivity contribution < 1.29 is 4.79 Å². The summed E-state index contributed by atoms with van der Waals surface area (Å²) in [5, 5.41) is 0. The Labute approximate surface area is 60.8 Å². The predicted octanol–water partition coefficient (Wildman–Crippen LogP) is 0.316. The molecule has 1 aliphatic rings. The molecule has 0 amide bonds. The van der Waals surface area contributed by atoms with E-state index in [0.717, 1.165) is 12.8 Å². The van der Waals surface area contributed by atoms with Gasteiger partial charge in [-0.05, 0) is 12.8 Å². The fourth-order valence-corrected chi connectivity index (χ4v) is 1.17. The van der Waals surface area contributed by atoms with Crippen LogP contribution in [0.25, 0.3) is 0 Å². The highest BCUT2D eigenvalue weighted by molar-refractivity contribution is 5.84. The molecule has 0 aliphatic heterocycles. The molecule has 1 fully saturated rings. The van der Waals surface area contributed by atoms with Crippen LogP contribution in [-0.4, -0.2) is 11.8 Å². The first-order valence-electron chi connectivity index (χ1n) is 3.45. The van der Waals surface area contributed by atoms with Gasteiger partial charge in [-0.15, -0.1) is 6.42 Å². The maximum Gasteiger partial charge on any atom is 0.147 e. The van der Waals surface area contributed by atoms with Crippen LogP contribution >= 0.6 is 0 Å². The topological polar surface area (TPSA) is 43.1 Å². The summed E-state index contributed by atoms with van der Waals surface area (Å²) in [5.74, 6) is 2.70. The van der Waals surface area contributed by atoms with Gasteiger partial charge in [-0.25, -0.2) is 0 Å². The van der Waals surface area contributed by atoms with Crippen molar-refractivity contribution in [2.24, 2.45) is 11.7 Å². The van der Waals surface area contributed by atoms with E-state index in [1.165, 1.54) is 0 Å². The molecule has 0 bridgehead atoms. The third-order valence-corrected chi connectivity index (χ3v) is 1.91. The Bertz CT molecular complexity index is 174. The number of ketones is 1. The van der Waals surface area contributed by atoms with Crippen LogP contribution < -0.4 is 5.73 Å². The lowest BCUT2D eigenvalue weighted by molar-refractivity contribution is -0.124. The number of carbonyl (C=O) groups excluding carboxylic acids is 1. The molecule has 0 aromatic heterocycles. The average molecular weight is 137 g/mol. The fourth-order valence-electron chi connectivity index (χ4n) is 1.17. The molecular weight excluding hydrogens is 126 g/mol. The summed E-state index contributed by atoms with van der Waals surface area (Å²) in [5.41, 5.74) is 5.50. The van der Waals surface area contributed by atoms with E-state index in [0.29, 0.717) is 0 Å². The first-order valence-corrected chi connectivity index (χ1v) is 3.45. The zero-order valence-corrected chi connectivity index (χ0v) is 5.84. The molecule has 0 atom stereocenters. The summed E-state index contributed by atoms with van der Waals surface area (Å²) in [6.45, 7) is 0. The van der Waals surface area contributed by atoms with Crippen molar-refractivity contribution in [3.8, 4) is 12.3 Å². The van der Waals surface area contributed by atoms with Crippen molar-refractivity contribution in [1.82, 2.24) is 0 Å². The molecule has 0 unspecified atom stereocenters. The van der Waals surface area contributed by atoms with Crippen LogP contribution in [0.1, 0.15) is 19.3 Å². The number of hydrogen-bond acceptors (Lipinski definition) is 2. The van der Waals surface area contributed by atoms with Gasteiger partial charge in [-0.3, -0.25) is 4.79 Å². The van der Waals surface area contributed by atoms with E-state index in [4.69, 9.17) is 12.2 Å². The van der Waals surface area contributed by atoms with Gasteiger partial charge in [0.05, 0.1) is 6.42 Å². The molecule has 0 saturated heterocycles. The second-order valence-electron chi connectivity index (χ2n) is 2.78. The van der Waals surface area contributed by atoms with Crippen molar-refractivity contribution in [1.29, 1.82) is 0 Å². The van der Waals surface area contributed by atoms with Crippen LogP contribution in [0.4, 0.5) is 0 Å². The fraction of sp³-hybridized carbons (Fsp3) is 0.625. The normalized spacial score (nSPS) is 30.4. The maximum absolute atomic E-state index is 11.0. The van der Waals surface area contributed by atoms with Crippen LogP contribution in [0.15, 0.2) is 0 Å². The summed E-state index contributed by atoms with van der Waals surface area (Å²) >= 11 is 0. The molecule has 10 heavy (non-hydrogen) atoms. The number of Topliss-reactive ketones (excluding diaryl/α,β-unsaturated/α-hetero) is 1. The third kappa shape index (κ3) is 1.37. The molecule has 1 rings (SSSR count). The Hall–Kier alpha value is -0.810. The van der Waals surface area contributed by atoms with E-state index >= 15 is 0 Å². The zero-order valence-electron chi connectivity index (χ0n) is 5.84. The number of nitrogens with two attached hydrogens (primary N) is 1. The van der Waals surface area contributed by atoms with Crippen molar-refractivity contribution in [3.63, 3.8) is 0 Å². The van der Waals surface area contributed by atoms with Crippen LogP contribution in [0, 0.1) is 18.3 Å². The summed E-state index contributed by atoms with van der Waals surface area (Å²) in [6.07, 6.45) is 6.92. The van der Waals surface area contributed by atoms with Gasteiger partial charge in [0, 0.05) is 12.0 Å². The largest absolute Gasteiger partial charge is 0.328 e. The zero-order chi connectivity index (χ0) is 7.56. The van der Waals surface area contributed by atoms with Crippen molar-refractivity contribution in [3.05, 3.63) is 0 Å². The van der Waals surface area contributed by atoms with E-state index in [9.17, 15) is 4.79 Å². The monoisotopic (exact) mass is 137 g/mol. The van der Waals surface area contributed by atoms with E-state index in [1.807, 2.05) is 0 Å². The molecule has 2 N–H and O–H groups in total. The number of terminal acetylenes is 1. The van der Waals surface area contributed by atoms with Crippen LogP contribution in [-0.2, 0) is 4.79 Å². The van der Waals surface area contributed by atoms with Gasteiger partial charge >= 0.3 is 0 Å². The highest BCUT2D eigenvalue weighted by Crippen LogP contribution is 2.26. The molecular formula is C8H11NO. The number of carbonyl (C=O) groups is 1. The average Bonchev–Trinajstić information content (AvgIpc) is 1.82. The Morgan fingerprint density at radius 3 is 2.70 bits per heavy atom. The molecule has 0 aromatic rings. The van der Waals surface area contributed by atoms with E-state index < -0.39 is 0 Å². The van der Waals surface area contributed by atoms with Gasteiger partial charge < -0.3 is 5.73 Å². The predicted molar refractivity (Wildman–Crippen MR) is 39.2 cm³/mol. The Morgan fingerprint density at radius 1 is 1.70 bits per heavy atom. The Balaban J connectivity index is 2.26. The SMILES string of the molecule is C#CCC(=O)C1CC(N)C1. The molecule has 54 valence electrons. The molecule has 0 spiro atoms. The lowest BCUT2D eigenvalue weighted by Crippen LogP contribution is -2.40. The van der Waals surface area contributed by atoms with Gasteiger partial charge in [-0.1, -0.05) is 5.92 Å². The molecule has 2 heteroatoms. The first-order chi connectivity index (χ1) is 4.74. The highest BCUT2D eigenvalue weighted by Gasteiger charge is 2.30. The lowest BCUT2D eigenvalue weighted by atomic mass is 9.77. The summed E-state index contributed by atoms with van der Waals surface area (Å²) in [7, 11) is 0. The summed E-state index contributed by atoms with van der Waals surface area (Å²) in [4.78, 5) is 11.0. The Morgan fingerprint density at radius 2 is 2.30 bits per heavy atom. The minimum atomic E-state index is 0.172. The molecule has 0 heterocycles. The van der Waals surface area contributed by atoms with E-state index in [-0.39, 0.29) is 24.2 Å². The minimum absolute atomic E-state index is 0.172. The van der Waals surface area contributed by atoms with Crippen molar-refractivity contribution in [2.75, 3.05) is 0 Å². The first kappa shape index (κ1) is 7.30. The van der Waals surface area contributed by atoms with Crippen LogP contribution in [0.2, 0.25) is 0 Å². The quantitative estimate of drug-likeness (QED) is 0.557. The van der Waals surface area contributed by atoms with Gasteiger partial charge in [0.1, 0.15) is 5.78 Å². The van der Waals surface area contributed by atoms with Gasteiger partial charge in [-0.2, -0.15) is 0 Å². The second-order valence-corrected chi connectivity index (χ2v) is 2.78. The van der Waals surface area contributed by atoms with Crippen LogP contribution in [0.5, 0.6) is 0 Å². The molecule has 0 radical (unpaired) electrons. The van der Waals surface area contributed by atoms with Gasteiger partial charge in [0.25, 0.3) is 0 Å². The number of rotatable bonds is 2. The van der Waals surface area contributed by atoms with Crippen molar-refractivity contribution >= 4 is 5.78 Å². The van der Waals surface area contributed by atoms with Crippen molar-refractivity contribution in [2.45, 2.75) is 25.3 Å². The summed E-state index contributed by atoms with van der Waals surface area (Å²) in [6, 6.07) is 0.242. The molecule has 0 aromatic carbocycles. The third-order valence-electron chi connectivity index (χ3n) is 1.91. The molecule has 1 aliphatic carbocycles. The standard InChI is InChI=1S/C8H11NO/c1-2-3-8(10)6-4-7(9)5-6/h1,6-7H,3-5,9H2. The molecule has 2 nitrogen and oxygen atoms in total. The Kier molecular flexibility index (Phi) is 2.08. The molecule has 1 saturated carbocycles. The summed E-state index contributed by atoms with van der Waals surface area (Å²) < 4.78 is 0. The minimum Gasteiger partial charge on any atom is -0.328 e. The highest BCUT2D eigenvalue weighted by atomic mass is 16.1. The smallest absolute Gasteiger partial charge is 0.147 e. The van der Waals surface area contributed by atoms with Crippen LogP contribution in [0.3, 0.4) is 0 Å². The van der Waals surface area contributed by atoms with E-state index in [2.05, 4.69) is 5.92 Å². The maximum atomic E-state index is 11.0. The van der Waals surface area contributed by atoms with E-state index in [1.54, 1.807) is 0 Å². The number of hydrogen-bond donors (Lipinski definition) is 1. The van der Waals surface area contributed by atoms with Gasteiger partial charge in [0.15, 0.2) is 0 Å². The van der Waals surface area contributed by atoms with Gasteiger partial charge in [0.2, 0.25) is 0 Å². The second kappa shape index (κ2) is 2.85. The lowest BCUT2D eigenvalue weighted by Gasteiger charge is -2.30.